The van der Waals surface area contributed by atoms with Crippen LogP contribution in [0, 0.1) is 13.8 Å². The Morgan fingerprint density at radius 1 is 1.27 bits per heavy atom. The van der Waals surface area contributed by atoms with Crippen molar-refractivity contribution in [1.82, 2.24) is 20.2 Å². The van der Waals surface area contributed by atoms with Crippen LogP contribution in [0.2, 0.25) is 0 Å². The first kappa shape index (κ1) is 14.0. The molecular formula is C15H15N5O2. The number of benzene rings is 1. The van der Waals surface area contributed by atoms with Crippen molar-refractivity contribution in [3.63, 3.8) is 0 Å². The Kier molecular flexibility index (Phi) is 3.46. The third-order valence-electron chi connectivity index (χ3n) is 3.28. The monoisotopic (exact) mass is 297 g/mol. The van der Waals surface area contributed by atoms with Crippen LogP contribution in [-0.4, -0.2) is 26.1 Å². The number of hydrogen-bond acceptors (Lipinski definition) is 5. The second kappa shape index (κ2) is 5.44. The summed E-state index contributed by atoms with van der Waals surface area (Å²) < 4.78 is 6.95. The van der Waals surface area contributed by atoms with Crippen LogP contribution in [0.4, 0.5) is 5.69 Å². The van der Waals surface area contributed by atoms with Crippen LogP contribution in [0.5, 0.6) is 0 Å². The second-order valence-corrected chi connectivity index (χ2v) is 4.99. The van der Waals surface area contributed by atoms with Crippen LogP contribution in [0.25, 0.3) is 11.4 Å². The molecule has 2 heterocycles. The molecule has 0 radical (unpaired) electrons. The predicted octanol–water partition coefficient (Wildman–Crippen LogP) is 2.34. The molecule has 7 nitrogen and oxygen atoms in total. The zero-order valence-corrected chi connectivity index (χ0v) is 12.5. The van der Waals surface area contributed by atoms with Crippen LogP contribution in [0.15, 0.2) is 34.7 Å². The molecule has 22 heavy (non-hydrogen) atoms. The molecule has 0 saturated carbocycles. The van der Waals surface area contributed by atoms with Crippen LogP contribution in [0.1, 0.15) is 21.9 Å². The molecule has 112 valence electrons. The number of amides is 1. The van der Waals surface area contributed by atoms with E-state index in [-0.39, 0.29) is 5.91 Å². The lowest BCUT2D eigenvalue weighted by Gasteiger charge is -2.06. The number of aromatic nitrogens is 4. The molecule has 3 rings (SSSR count). The van der Waals surface area contributed by atoms with Gasteiger partial charge in [-0.3, -0.25) is 4.79 Å². The average molecular weight is 297 g/mol. The van der Waals surface area contributed by atoms with E-state index in [4.69, 9.17) is 4.42 Å². The van der Waals surface area contributed by atoms with Gasteiger partial charge in [0.15, 0.2) is 5.82 Å². The van der Waals surface area contributed by atoms with Gasteiger partial charge in [-0.25, -0.2) is 4.68 Å². The van der Waals surface area contributed by atoms with Gasteiger partial charge in [0, 0.05) is 18.3 Å². The molecule has 1 aromatic carbocycles. The van der Waals surface area contributed by atoms with Gasteiger partial charge < -0.3 is 9.73 Å². The van der Waals surface area contributed by atoms with Crippen molar-refractivity contribution >= 4 is 11.6 Å². The summed E-state index contributed by atoms with van der Waals surface area (Å²) in [6, 6.07) is 9.09. The molecule has 2 aromatic heterocycles. The minimum Gasteiger partial charge on any atom is -0.466 e. The Bertz CT molecular complexity index is 834. The van der Waals surface area contributed by atoms with Crippen molar-refractivity contribution < 1.29 is 9.21 Å². The van der Waals surface area contributed by atoms with E-state index in [9.17, 15) is 4.79 Å². The molecule has 0 spiro atoms. The maximum absolute atomic E-state index is 12.3. The Morgan fingerprint density at radius 2 is 2.09 bits per heavy atom. The number of hydrogen-bond donors (Lipinski definition) is 1. The number of rotatable bonds is 3. The summed E-state index contributed by atoms with van der Waals surface area (Å²) in [6.07, 6.45) is 0. The van der Waals surface area contributed by atoms with E-state index >= 15 is 0 Å². The molecule has 3 aromatic rings. The molecule has 0 saturated heterocycles. The molecule has 0 aliphatic heterocycles. The zero-order chi connectivity index (χ0) is 15.7. The van der Waals surface area contributed by atoms with Gasteiger partial charge in [0.05, 0.1) is 5.56 Å². The summed E-state index contributed by atoms with van der Waals surface area (Å²) in [5, 5.41) is 14.2. The molecular weight excluding hydrogens is 282 g/mol. The highest BCUT2D eigenvalue weighted by Gasteiger charge is 2.14. The number of aryl methyl sites for hydroxylation is 3. The van der Waals surface area contributed by atoms with Gasteiger partial charge in [0.2, 0.25) is 0 Å². The molecule has 0 fully saturated rings. The van der Waals surface area contributed by atoms with Crippen LogP contribution >= 0.6 is 0 Å². The third-order valence-corrected chi connectivity index (χ3v) is 3.28. The van der Waals surface area contributed by atoms with Gasteiger partial charge in [0.1, 0.15) is 11.5 Å². The predicted molar refractivity (Wildman–Crippen MR) is 80.4 cm³/mol. The number of tetrazole rings is 1. The number of anilines is 1. The fourth-order valence-corrected chi connectivity index (χ4v) is 2.26. The third kappa shape index (κ3) is 2.60. The van der Waals surface area contributed by atoms with Crippen molar-refractivity contribution in [2.75, 3.05) is 5.32 Å². The first-order chi connectivity index (χ1) is 10.5. The molecule has 0 unspecified atom stereocenters. The topological polar surface area (TPSA) is 85.8 Å². The van der Waals surface area contributed by atoms with Gasteiger partial charge in [-0.1, -0.05) is 12.1 Å². The van der Waals surface area contributed by atoms with E-state index in [1.54, 1.807) is 24.7 Å². The first-order valence-electron chi connectivity index (χ1n) is 6.76. The quantitative estimate of drug-likeness (QED) is 0.802. The van der Waals surface area contributed by atoms with Gasteiger partial charge in [0.25, 0.3) is 5.91 Å². The van der Waals surface area contributed by atoms with E-state index in [2.05, 4.69) is 20.8 Å². The molecule has 7 heteroatoms. The van der Waals surface area contributed by atoms with E-state index in [0.29, 0.717) is 28.6 Å². The van der Waals surface area contributed by atoms with Crippen LogP contribution in [0.3, 0.4) is 0 Å². The number of furan rings is 1. The largest absolute Gasteiger partial charge is 0.466 e. The number of nitrogens with one attached hydrogen (secondary N) is 1. The Balaban J connectivity index is 1.86. The maximum atomic E-state index is 12.3. The summed E-state index contributed by atoms with van der Waals surface area (Å²) in [6.45, 7) is 3.58. The summed E-state index contributed by atoms with van der Waals surface area (Å²) in [5.74, 6) is 1.74. The number of carbonyl (C=O) groups excluding carboxylic acids is 1. The lowest BCUT2D eigenvalue weighted by molar-refractivity contribution is 0.102. The fraction of sp³-hybridized carbons (Fsp3) is 0.200. The Morgan fingerprint density at radius 3 is 2.73 bits per heavy atom. The lowest BCUT2D eigenvalue weighted by atomic mass is 10.1. The van der Waals surface area contributed by atoms with Crippen molar-refractivity contribution in [3.8, 4) is 11.4 Å². The Hall–Kier alpha value is -2.96. The Labute approximate surface area is 126 Å². The normalized spacial score (nSPS) is 10.7. The van der Waals surface area contributed by atoms with Gasteiger partial charge >= 0.3 is 0 Å². The average Bonchev–Trinajstić information content (AvgIpc) is 3.04. The van der Waals surface area contributed by atoms with E-state index < -0.39 is 0 Å². The molecule has 0 atom stereocenters. The van der Waals surface area contributed by atoms with Crippen LogP contribution < -0.4 is 5.32 Å². The zero-order valence-electron chi connectivity index (χ0n) is 12.5. The van der Waals surface area contributed by atoms with E-state index in [0.717, 1.165) is 5.56 Å². The second-order valence-electron chi connectivity index (χ2n) is 4.99. The van der Waals surface area contributed by atoms with Crippen molar-refractivity contribution in [2.45, 2.75) is 13.8 Å². The fourth-order valence-electron chi connectivity index (χ4n) is 2.26. The molecule has 0 aliphatic carbocycles. The standard InChI is InChI=1S/C15H15N5O2/c1-9-7-13(10(2)22-9)15(21)16-12-6-4-5-11(8-12)14-17-18-19-20(14)3/h4-8H,1-3H3,(H,16,21). The lowest BCUT2D eigenvalue weighted by Crippen LogP contribution is -2.12. The SMILES string of the molecule is Cc1cc(C(=O)Nc2cccc(-c3nnnn3C)c2)c(C)o1. The maximum Gasteiger partial charge on any atom is 0.259 e. The van der Waals surface area contributed by atoms with E-state index in [1.165, 1.54) is 0 Å². The highest BCUT2D eigenvalue weighted by Crippen LogP contribution is 2.21. The highest BCUT2D eigenvalue weighted by molar-refractivity contribution is 6.05. The van der Waals surface area contributed by atoms with Crippen molar-refractivity contribution in [2.24, 2.45) is 7.05 Å². The smallest absolute Gasteiger partial charge is 0.259 e. The van der Waals surface area contributed by atoms with Crippen molar-refractivity contribution in [3.05, 3.63) is 47.4 Å². The summed E-state index contributed by atoms with van der Waals surface area (Å²) in [4.78, 5) is 12.3. The minimum absolute atomic E-state index is 0.206. The molecule has 0 aliphatic rings. The highest BCUT2D eigenvalue weighted by atomic mass is 16.3. The number of nitrogens with zero attached hydrogens (tertiary/aromatic N) is 4. The van der Waals surface area contributed by atoms with Crippen molar-refractivity contribution in [1.29, 1.82) is 0 Å². The molecule has 1 amide bonds. The summed E-state index contributed by atoms with van der Waals surface area (Å²) in [7, 11) is 1.76. The van der Waals surface area contributed by atoms with E-state index in [1.807, 2.05) is 31.2 Å². The van der Waals surface area contributed by atoms with Crippen LogP contribution in [-0.2, 0) is 7.05 Å². The first-order valence-corrected chi connectivity index (χ1v) is 6.76. The summed E-state index contributed by atoms with van der Waals surface area (Å²) in [5.41, 5.74) is 2.03. The molecule has 0 bridgehead atoms. The minimum atomic E-state index is -0.206. The number of carbonyl (C=O) groups is 1. The van der Waals surface area contributed by atoms with Gasteiger partial charge in [-0.05, 0) is 42.5 Å². The van der Waals surface area contributed by atoms with Gasteiger partial charge in [-0.15, -0.1) is 5.10 Å². The molecule has 1 N–H and O–H groups in total. The summed E-state index contributed by atoms with van der Waals surface area (Å²) >= 11 is 0. The van der Waals surface area contributed by atoms with Gasteiger partial charge in [-0.2, -0.15) is 0 Å².